The van der Waals surface area contributed by atoms with Crippen LogP contribution in [0.1, 0.15) is 25.8 Å². The third-order valence-corrected chi connectivity index (χ3v) is 5.57. The largest absolute Gasteiger partial charge is 0.378 e. The van der Waals surface area contributed by atoms with Crippen molar-refractivity contribution in [3.63, 3.8) is 0 Å². The highest BCUT2D eigenvalue weighted by Gasteiger charge is 2.29. The summed E-state index contributed by atoms with van der Waals surface area (Å²) in [5.74, 6) is -0.0560. The molecule has 1 aromatic heterocycles. The molecule has 4 rings (SSSR count). The van der Waals surface area contributed by atoms with Crippen LogP contribution < -0.4 is 10.2 Å². The van der Waals surface area contributed by atoms with Gasteiger partial charge in [0.05, 0.1) is 24.5 Å². The summed E-state index contributed by atoms with van der Waals surface area (Å²) in [6, 6.07) is 8.34. The molecule has 1 saturated heterocycles. The number of aromatic nitrogens is 4. The number of tetrazole rings is 1. The fourth-order valence-electron chi connectivity index (χ4n) is 2.84. The summed E-state index contributed by atoms with van der Waals surface area (Å²) in [6.07, 6.45) is 2.21. The second-order valence-corrected chi connectivity index (χ2v) is 7.84. The second-order valence-electron chi connectivity index (χ2n) is 6.53. The summed E-state index contributed by atoms with van der Waals surface area (Å²) in [6.45, 7) is 5.18. The van der Waals surface area contributed by atoms with E-state index in [1.165, 1.54) is 11.8 Å². The predicted molar refractivity (Wildman–Crippen MR) is 99.5 cm³/mol. The van der Waals surface area contributed by atoms with Crippen molar-refractivity contribution in [1.82, 2.24) is 20.2 Å². The van der Waals surface area contributed by atoms with Gasteiger partial charge in [0, 0.05) is 24.5 Å². The number of hydrogen-bond acceptors (Lipinski definition) is 7. The third kappa shape index (κ3) is 3.99. The van der Waals surface area contributed by atoms with Crippen molar-refractivity contribution >= 4 is 29.0 Å². The van der Waals surface area contributed by atoms with E-state index in [-0.39, 0.29) is 11.2 Å². The Morgan fingerprint density at radius 3 is 2.69 bits per heavy atom. The molecule has 1 N–H and O–H groups in total. The minimum absolute atomic E-state index is 0.0560. The van der Waals surface area contributed by atoms with Crippen molar-refractivity contribution in [3.8, 4) is 0 Å². The number of nitrogens with zero attached hydrogens (tertiary/aromatic N) is 5. The molecule has 1 aliphatic carbocycles. The van der Waals surface area contributed by atoms with Gasteiger partial charge in [0.1, 0.15) is 0 Å². The lowest BCUT2D eigenvalue weighted by Crippen LogP contribution is -2.36. The Balaban J connectivity index is 1.34. The van der Waals surface area contributed by atoms with Gasteiger partial charge in [-0.2, -0.15) is 0 Å². The number of nitrogens with one attached hydrogen (secondary N) is 1. The highest BCUT2D eigenvalue weighted by molar-refractivity contribution is 8.00. The highest BCUT2D eigenvalue weighted by Crippen LogP contribution is 2.37. The number of benzene rings is 1. The number of carbonyl (C=O) groups excluding carboxylic acids is 1. The van der Waals surface area contributed by atoms with Gasteiger partial charge < -0.3 is 15.0 Å². The van der Waals surface area contributed by atoms with Crippen LogP contribution in [0.2, 0.25) is 0 Å². The van der Waals surface area contributed by atoms with Gasteiger partial charge in [-0.3, -0.25) is 4.79 Å². The predicted octanol–water partition coefficient (Wildman–Crippen LogP) is 1.96. The van der Waals surface area contributed by atoms with Crippen LogP contribution in [-0.4, -0.2) is 57.7 Å². The molecule has 138 valence electrons. The quantitative estimate of drug-likeness (QED) is 0.774. The lowest BCUT2D eigenvalue weighted by Gasteiger charge is -2.28. The van der Waals surface area contributed by atoms with Crippen molar-refractivity contribution in [3.05, 3.63) is 24.3 Å². The van der Waals surface area contributed by atoms with Crippen LogP contribution in [0.3, 0.4) is 0 Å². The highest BCUT2D eigenvalue weighted by atomic mass is 32.2. The maximum absolute atomic E-state index is 12.5. The van der Waals surface area contributed by atoms with E-state index >= 15 is 0 Å². The number of carbonyl (C=O) groups is 1. The second kappa shape index (κ2) is 7.63. The Bertz CT molecular complexity index is 755. The number of anilines is 2. The van der Waals surface area contributed by atoms with E-state index in [1.54, 1.807) is 0 Å². The Morgan fingerprint density at radius 2 is 2.00 bits per heavy atom. The summed E-state index contributed by atoms with van der Waals surface area (Å²) in [4.78, 5) is 14.8. The first-order valence-corrected chi connectivity index (χ1v) is 9.77. The standard InChI is InChI=1S/C17H22N6O2S/c1-12(26-17-19-20-21-23(17)15-6-7-15)16(24)18-13-2-4-14(5-3-13)22-8-10-25-11-9-22/h2-5,12,15H,6-11H2,1H3,(H,18,24)/t12-/m1/s1. The summed E-state index contributed by atoms with van der Waals surface area (Å²) >= 11 is 1.39. The molecule has 26 heavy (non-hydrogen) atoms. The van der Waals surface area contributed by atoms with Crippen LogP contribution in [0, 0.1) is 0 Å². The van der Waals surface area contributed by atoms with E-state index in [0.29, 0.717) is 11.2 Å². The molecule has 2 aliphatic rings. The minimum Gasteiger partial charge on any atom is -0.378 e. The van der Waals surface area contributed by atoms with E-state index in [0.717, 1.165) is 50.5 Å². The van der Waals surface area contributed by atoms with Crippen molar-refractivity contribution in [2.24, 2.45) is 0 Å². The molecular formula is C17H22N6O2S. The fraction of sp³-hybridized carbons (Fsp3) is 0.529. The van der Waals surface area contributed by atoms with Crippen molar-refractivity contribution in [1.29, 1.82) is 0 Å². The summed E-state index contributed by atoms with van der Waals surface area (Å²) in [5, 5.41) is 15.2. The molecule has 1 saturated carbocycles. The van der Waals surface area contributed by atoms with Crippen LogP contribution in [0.4, 0.5) is 11.4 Å². The lowest BCUT2D eigenvalue weighted by atomic mass is 10.2. The average molecular weight is 374 g/mol. The van der Waals surface area contributed by atoms with Crippen molar-refractivity contribution < 1.29 is 9.53 Å². The molecule has 8 nitrogen and oxygen atoms in total. The lowest BCUT2D eigenvalue weighted by molar-refractivity contribution is -0.115. The zero-order valence-corrected chi connectivity index (χ0v) is 15.5. The Kier molecular flexibility index (Phi) is 5.07. The van der Waals surface area contributed by atoms with Gasteiger partial charge in [0.15, 0.2) is 0 Å². The van der Waals surface area contributed by atoms with E-state index in [1.807, 2.05) is 35.9 Å². The molecule has 0 unspecified atom stereocenters. The maximum Gasteiger partial charge on any atom is 0.237 e. The molecule has 1 aromatic carbocycles. The number of morpholine rings is 1. The zero-order chi connectivity index (χ0) is 17.9. The van der Waals surface area contributed by atoms with E-state index in [4.69, 9.17) is 4.74 Å². The van der Waals surface area contributed by atoms with E-state index in [9.17, 15) is 4.79 Å². The summed E-state index contributed by atoms with van der Waals surface area (Å²) in [5.41, 5.74) is 1.94. The SMILES string of the molecule is C[C@@H](Sc1nnnn1C1CC1)C(=O)Nc1ccc(N2CCOCC2)cc1. The molecule has 0 spiro atoms. The van der Waals surface area contributed by atoms with Gasteiger partial charge in [0.2, 0.25) is 11.1 Å². The molecule has 1 aliphatic heterocycles. The Hall–Kier alpha value is -2.13. The molecule has 2 heterocycles. The topological polar surface area (TPSA) is 85.2 Å². The van der Waals surface area contributed by atoms with Crippen LogP contribution in [0.15, 0.2) is 29.4 Å². The first-order chi connectivity index (χ1) is 12.7. The van der Waals surface area contributed by atoms with Crippen LogP contribution in [-0.2, 0) is 9.53 Å². The van der Waals surface area contributed by atoms with Crippen molar-refractivity contribution in [2.45, 2.75) is 36.2 Å². The monoisotopic (exact) mass is 374 g/mol. The molecule has 0 bridgehead atoms. The van der Waals surface area contributed by atoms with Gasteiger partial charge in [-0.15, -0.1) is 5.10 Å². The van der Waals surface area contributed by atoms with Crippen LogP contribution >= 0.6 is 11.8 Å². The number of amides is 1. The zero-order valence-electron chi connectivity index (χ0n) is 14.7. The van der Waals surface area contributed by atoms with Crippen molar-refractivity contribution in [2.75, 3.05) is 36.5 Å². The van der Waals surface area contributed by atoms with Gasteiger partial charge in [-0.1, -0.05) is 11.8 Å². The number of hydrogen-bond donors (Lipinski definition) is 1. The minimum atomic E-state index is -0.280. The van der Waals surface area contributed by atoms with Gasteiger partial charge in [-0.05, 0) is 54.5 Å². The molecule has 9 heteroatoms. The maximum atomic E-state index is 12.5. The fourth-order valence-corrected chi connectivity index (χ4v) is 3.70. The third-order valence-electron chi connectivity index (χ3n) is 4.52. The summed E-state index contributed by atoms with van der Waals surface area (Å²) in [7, 11) is 0. The first kappa shape index (κ1) is 17.3. The van der Waals surface area contributed by atoms with E-state index in [2.05, 4.69) is 25.7 Å². The molecule has 1 amide bonds. The molecule has 2 fully saturated rings. The Morgan fingerprint density at radius 1 is 1.27 bits per heavy atom. The average Bonchev–Trinajstić information content (AvgIpc) is 3.42. The van der Waals surface area contributed by atoms with Gasteiger partial charge in [0.25, 0.3) is 0 Å². The number of ether oxygens (including phenoxy) is 1. The molecule has 0 radical (unpaired) electrons. The normalized spacial score (nSPS) is 18.6. The van der Waals surface area contributed by atoms with Gasteiger partial charge in [-0.25, -0.2) is 4.68 Å². The number of thioether (sulfide) groups is 1. The first-order valence-electron chi connectivity index (χ1n) is 8.89. The van der Waals surface area contributed by atoms with Crippen LogP contribution in [0.5, 0.6) is 0 Å². The smallest absolute Gasteiger partial charge is 0.237 e. The summed E-state index contributed by atoms with van der Waals surface area (Å²) < 4.78 is 7.20. The van der Waals surface area contributed by atoms with Gasteiger partial charge >= 0.3 is 0 Å². The molecular weight excluding hydrogens is 352 g/mol. The van der Waals surface area contributed by atoms with Crippen LogP contribution in [0.25, 0.3) is 0 Å². The number of rotatable bonds is 6. The molecule has 1 atom stereocenters. The molecule has 2 aromatic rings. The Labute approximate surface area is 156 Å². The van der Waals surface area contributed by atoms with E-state index < -0.39 is 0 Å².